The Morgan fingerprint density at radius 1 is 1.11 bits per heavy atom. The number of alkyl halides is 6. The topological polar surface area (TPSA) is 107 Å². The van der Waals surface area contributed by atoms with Crippen LogP contribution < -0.4 is 22.1 Å². The fourth-order valence-electron chi connectivity index (χ4n) is 3.44. The standard InChI is InChI=1S/C23H21ClF6N6O2/c24-17-6-4-14(5-7-17)19-34-36(21(38)35(19)10-8-22(25,26)27)11-9-32-18(13-33-20(31)37)15-2-1-3-16(12-15)23(28,29)30/h1-8,10,12,18,32H,9,11,13H2,(H3,31,33,37)/b10-8+. The van der Waals surface area contributed by atoms with Gasteiger partial charge in [-0.1, -0.05) is 23.7 Å². The lowest BCUT2D eigenvalue weighted by Crippen LogP contribution is -2.39. The van der Waals surface area contributed by atoms with Crippen molar-refractivity contribution in [3.05, 3.63) is 81.2 Å². The molecule has 0 spiro atoms. The number of amides is 2. The third-order valence-electron chi connectivity index (χ3n) is 5.20. The Morgan fingerprint density at radius 2 is 1.79 bits per heavy atom. The van der Waals surface area contributed by atoms with E-state index >= 15 is 0 Å². The molecule has 3 rings (SSSR count). The highest BCUT2D eigenvalue weighted by molar-refractivity contribution is 6.30. The van der Waals surface area contributed by atoms with Gasteiger partial charge in [-0.15, -0.1) is 5.10 Å². The van der Waals surface area contributed by atoms with Crippen LogP contribution in [-0.2, 0) is 12.7 Å². The molecule has 2 amide bonds. The maximum absolute atomic E-state index is 13.2. The van der Waals surface area contributed by atoms with Crippen molar-refractivity contribution in [3.63, 3.8) is 0 Å². The number of hydrogen-bond acceptors (Lipinski definition) is 4. The minimum Gasteiger partial charge on any atom is -0.352 e. The highest BCUT2D eigenvalue weighted by Gasteiger charge is 2.31. The van der Waals surface area contributed by atoms with E-state index in [2.05, 4.69) is 15.7 Å². The van der Waals surface area contributed by atoms with Gasteiger partial charge in [0.05, 0.1) is 12.1 Å². The molecule has 1 heterocycles. The summed E-state index contributed by atoms with van der Waals surface area (Å²) in [6.07, 6.45) is -8.85. The number of primary amides is 1. The number of urea groups is 1. The van der Waals surface area contributed by atoms with Gasteiger partial charge in [-0.05, 0) is 42.0 Å². The summed E-state index contributed by atoms with van der Waals surface area (Å²) >= 11 is 5.86. The van der Waals surface area contributed by atoms with Crippen molar-refractivity contribution in [2.45, 2.75) is 24.9 Å². The largest absolute Gasteiger partial charge is 0.416 e. The molecule has 1 unspecified atom stereocenters. The predicted octanol–water partition coefficient (Wildman–Crippen LogP) is 4.42. The Balaban J connectivity index is 1.87. The quantitative estimate of drug-likeness (QED) is 0.336. The highest BCUT2D eigenvalue weighted by Crippen LogP contribution is 2.30. The van der Waals surface area contributed by atoms with E-state index < -0.39 is 35.7 Å². The molecule has 0 aliphatic rings. The highest BCUT2D eigenvalue weighted by atomic mass is 35.5. The first-order valence-electron chi connectivity index (χ1n) is 10.9. The van der Waals surface area contributed by atoms with Gasteiger partial charge in [0.2, 0.25) is 0 Å². The predicted molar refractivity (Wildman–Crippen MR) is 128 cm³/mol. The summed E-state index contributed by atoms with van der Waals surface area (Å²) in [5.74, 6) is -0.0861. The number of allylic oxidation sites excluding steroid dienone is 1. The third-order valence-corrected chi connectivity index (χ3v) is 5.45. The maximum Gasteiger partial charge on any atom is 0.416 e. The van der Waals surface area contributed by atoms with E-state index in [4.69, 9.17) is 17.3 Å². The third kappa shape index (κ3) is 7.86. The summed E-state index contributed by atoms with van der Waals surface area (Å²) in [4.78, 5) is 24.0. The van der Waals surface area contributed by atoms with E-state index in [9.17, 15) is 35.9 Å². The molecule has 0 aliphatic carbocycles. The average molecular weight is 563 g/mol. The number of nitrogens with zero attached hydrogens (tertiary/aromatic N) is 3. The molecule has 0 saturated carbocycles. The second-order valence-electron chi connectivity index (χ2n) is 7.94. The zero-order valence-electron chi connectivity index (χ0n) is 19.4. The first-order chi connectivity index (χ1) is 17.7. The van der Waals surface area contributed by atoms with E-state index in [1.807, 2.05) is 0 Å². The first kappa shape index (κ1) is 28.8. The molecule has 15 heteroatoms. The molecule has 4 N–H and O–H groups in total. The molecule has 1 aromatic heterocycles. The number of hydrogen-bond donors (Lipinski definition) is 3. The van der Waals surface area contributed by atoms with Crippen LogP contribution in [0.15, 0.2) is 59.4 Å². The number of aromatic nitrogens is 3. The van der Waals surface area contributed by atoms with E-state index in [1.165, 1.54) is 36.4 Å². The first-order valence-corrected chi connectivity index (χ1v) is 11.3. The van der Waals surface area contributed by atoms with E-state index in [0.717, 1.165) is 21.4 Å². The van der Waals surface area contributed by atoms with Crippen LogP contribution in [0.3, 0.4) is 0 Å². The molecule has 8 nitrogen and oxygen atoms in total. The van der Waals surface area contributed by atoms with Crippen LogP contribution >= 0.6 is 11.6 Å². The monoisotopic (exact) mass is 562 g/mol. The van der Waals surface area contributed by atoms with E-state index in [1.54, 1.807) is 0 Å². The van der Waals surface area contributed by atoms with Crippen molar-refractivity contribution in [1.29, 1.82) is 0 Å². The van der Waals surface area contributed by atoms with Gasteiger partial charge < -0.3 is 16.4 Å². The van der Waals surface area contributed by atoms with Gasteiger partial charge >= 0.3 is 24.1 Å². The Morgan fingerprint density at radius 3 is 2.39 bits per heavy atom. The normalized spacial score (nSPS) is 13.1. The van der Waals surface area contributed by atoms with Gasteiger partial charge in [0.25, 0.3) is 0 Å². The van der Waals surface area contributed by atoms with Crippen molar-refractivity contribution < 1.29 is 31.1 Å². The SMILES string of the molecule is NC(=O)NCC(NCCn1nc(-c2ccc(Cl)cc2)n(/C=C/C(F)(F)F)c1=O)c1cccc(C(F)(F)F)c1. The van der Waals surface area contributed by atoms with Crippen LogP contribution in [0.4, 0.5) is 31.1 Å². The van der Waals surface area contributed by atoms with Gasteiger partial charge in [0, 0.05) is 42.0 Å². The molecular formula is C23H21ClF6N6O2. The van der Waals surface area contributed by atoms with Crippen LogP contribution in [0.5, 0.6) is 0 Å². The number of nitrogens with two attached hydrogens (primary N) is 1. The van der Waals surface area contributed by atoms with Crippen LogP contribution in [-0.4, -0.2) is 39.6 Å². The second kappa shape index (κ2) is 11.7. The molecular weight excluding hydrogens is 542 g/mol. The van der Waals surface area contributed by atoms with E-state index in [0.29, 0.717) is 16.8 Å². The second-order valence-corrected chi connectivity index (χ2v) is 8.38. The van der Waals surface area contributed by atoms with Crippen LogP contribution in [0.25, 0.3) is 17.6 Å². The van der Waals surface area contributed by atoms with Gasteiger partial charge in [-0.25, -0.2) is 18.8 Å². The Labute approximate surface area is 216 Å². The fraction of sp³-hybridized carbons (Fsp3) is 0.261. The molecule has 1 atom stereocenters. The lowest BCUT2D eigenvalue weighted by molar-refractivity contribution is -0.137. The van der Waals surface area contributed by atoms with Gasteiger partial charge in [0.15, 0.2) is 5.82 Å². The number of halogens is 7. The maximum atomic E-state index is 13.2. The lowest BCUT2D eigenvalue weighted by atomic mass is 10.0. The van der Waals surface area contributed by atoms with Crippen LogP contribution in [0.1, 0.15) is 17.2 Å². The molecule has 0 bridgehead atoms. The minimum absolute atomic E-state index is 0.0542. The zero-order valence-corrected chi connectivity index (χ0v) is 20.1. The van der Waals surface area contributed by atoms with Crippen LogP contribution in [0.2, 0.25) is 5.02 Å². The molecule has 0 saturated heterocycles. The fourth-order valence-corrected chi connectivity index (χ4v) is 3.57. The van der Waals surface area contributed by atoms with Crippen molar-refractivity contribution in [2.24, 2.45) is 5.73 Å². The summed E-state index contributed by atoms with van der Waals surface area (Å²) in [5.41, 5.74) is 3.80. The molecule has 0 aliphatic heterocycles. The molecule has 204 valence electrons. The number of rotatable bonds is 9. The minimum atomic E-state index is -4.69. The van der Waals surface area contributed by atoms with Crippen molar-refractivity contribution in [2.75, 3.05) is 13.1 Å². The summed E-state index contributed by atoms with van der Waals surface area (Å²) in [6.45, 7) is -0.399. The average Bonchev–Trinajstić information content (AvgIpc) is 3.14. The van der Waals surface area contributed by atoms with Gasteiger partial charge in [-0.2, -0.15) is 26.3 Å². The number of carbonyl (C=O) groups excluding carboxylic acids is 1. The lowest BCUT2D eigenvalue weighted by Gasteiger charge is -2.20. The summed E-state index contributed by atoms with van der Waals surface area (Å²) in [5, 5.41) is 9.72. The molecule has 38 heavy (non-hydrogen) atoms. The van der Waals surface area contributed by atoms with Crippen molar-refractivity contribution in [1.82, 2.24) is 25.0 Å². The Hall–Kier alpha value is -3.78. The Kier molecular flexibility index (Phi) is 8.89. The van der Waals surface area contributed by atoms with E-state index in [-0.39, 0.29) is 37.1 Å². The van der Waals surface area contributed by atoms with Crippen LogP contribution in [0, 0.1) is 0 Å². The van der Waals surface area contributed by atoms with Gasteiger partial charge in [0.1, 0.15) is 0 Å². The zero-order chi connectivity index (χ0) is 28.1. The number of benzene rings is 2. The Bertz CT molecular complexity index is 1350. The van der Waals surface area contributed by atoms with Crippen molar-refractivity contribution in [3.8, 4) is 11.4 Å². The molecule has 0 fully saturated rings. The number of nitrogens with one attached hydrogen (secondary N) is 2. The molecule has 0 radical (unpaired) electrons. The smallest absolute Gasteiger partial charge is 0.352 e. The summed E-state index contributed by atoms with van der Waals surface area (Å²) in [6, 6.07) is 8.57. The molecule has 3 aromatic rings. The number of carbonyl (C=O) groups is 1. The molecule has 2 aromatic carbocycles. The summed E-state index contributed by atoms with van der Waals surface area (Å²) in [7, 11) is 0. The van der Waals surface area contributed by atoms with Gasteiger partial charge in [-0.3, -0.25) is 0 Å². The van der Waals surface area contributed by atoms with Crippen molar-refractivity contribution >= 4 is 23.8 Å². The summed E-state index contributed by atoms with van der Waals surface area (Å²) < 4.78 is 79.5.